The van der Waals surface area contributed by atoms with Crippen molar-refractivity contribution >= 4 is 35.3 Å². The van der Waals surface area contributed by atoms with Crippen LogP contribution in [0.2, 0.25) is 5.02 Å². The molecule has 200 valence electrons. The largest absolute Gasteiger partial charge is 0.489 e. The Morgan fingerprint density at radius 3 is 2.44 bits per heavy atom. The van der Waals surface area contributed by atoms with Crippen molar-refractivity contribution in [2.45, 2.75) is 44.7 Å². The maximum Gasteiger partial charge on any atom is 0.338 e. The number of carbonyl (C=O) groups excluding carboxylic acids is 1. The Bertz CT molecular complexity index is 1450. The fourth-order valence-corrected chi connectivity index (χ4v) is 5.06. The quantitative estimate of drug-likeness (QED) is 0.164. The summed E-state index contributed by atoms with van der Waals surface area (Å²) in [7, 11) is 0. The van der Waals surface area contributed by atoms with Gasteiger partial charge in [0.1, 0.15) is 25.0 Å². The number of rotatable bonds is 10. The lowest BCUT2D eigenvalue weighted by atomic mass is 9.95. The monoisotopic (exact) mass is 560 g/mol. The number of ether oxygens (including phenoxy) is 2. The number of hydrogen-bond donors (Lipinski definition) is 1. The highest BCUT2D eigenvalue weighted by molar-refractivity contribution is 7.99. The van der Waals surface area contributed by atoms with E-state index >= 15 is 0 Å². The number of nitrogens with zero attached hydrogens (tertiary/aromatic N) is 3. The number of carbonyl (C=O) groups is 1. The molecular weight excluding hydrogens is 532 g/mol. The molecule has 39 heavy (non-hydrogen) atoms. The van der Waals surface area contributed by atoms with E-state index in [4.69, 9.17) is 26.2 Å². The van der Waals surface area contributed by atoms with E-state index in [0.29, 0.717) is 34.0 Å². The van der Waals surface area contributed by atoms with Gasteiger partial charge in [-0.2, -0.15) is 4.98 Å². The second-order valence-corrected chi connectivity index (χ2v) is 10.6. The minimum Gasteiger partial charge on any atom is -0.489 e. The molecule has 1 unspecified atom stereocenters. The Kier molecular flexibility index (Phi) is 8.54. The Morgan fingerprint density at radius 1 is 1.00 bits per heavy atom. The number of anilines is 1. The molecule has 0 saturated carbocycles. The number of aromatic nitrogens is 3. The molecule has 0 amide bonds. The summed E-state index contributed by atoms with van der Waals surface area (Å²) >= 11 is 7.57. The predicted molar refractivity (Wildman–Crippen MR) is 154 cm³/mol. The van der Waals surface area contributed by atoms with E-state index in [1.165, 1.54) is 0 Å². The van der Waals surface area contributed by atoms with E-state index in [0.717, 1.165) is 34.6 Å². The molecule has 0 saturated heterocycles. The van der Waals surface area contributed by atoms with Crippen LogP contribution in [0.4, 0.5) is 5.95 Å². The lowest BCUT2D eigenvalue weighted by molar-refractivity contribution is -0.140. The van der Waals surface area contributed by atoms with Crippen molar-refractivity contribution in [2.24, 2.45) is 0 Å². The highest BCUT2D eigenvalue weighted by atomic mass is 35.5. The minimum absolute atomic E-state index is 0.183. The average molecular weight is 561 g/mol. The summed E-state index contributed by atoms with van der Waals surface area (Å²) in [5, 5.41) is 9.37. The van der Waals surface area contributed by atoms with E-state index in [1.807, 2.05) is 85.8 Å². The molecular formula is C30H29ClN4O3S. The zero-order valence-corrected chi connectivity index (χ0v) is 23.3. The van der Waals surface area contributed by atoms with Crippen LogP contribution in [0.3, 0.4) is 0 Å². The first-order valence-electron chi connectivity index (χ1n) is 12.8. The second kappa shape index (κ2) is 12.4. The smallest absolute Gasteiger partial charge is 0.338 e. The molecule has 0 bridgehead atoms. The molecule has 0 radical (unpaired) electrons. The van der Waals surface area contributed by atoms with Gasteiger partial charge in [0.05, 0.1) is 5.57 Å². The van der Waals surface area contributed by atoms with E-state index in [1.54, 1.807) is 16.4 Å². The summed E-state index contributed by atoms with van der Waals surface area (Å²) in [5.74, 6) is 1.82. The number of benzene rings is 3. The third-order valence-electron chi connectivity index (χ3n) is 6.22. The third-order valence-corrected chi connectivity index (χ3v) is 7.51. The van der Waals surface area contributed by atoms with E-state index in [-0.39, 0.29) is 6.61 Å². The number of fused-ring (bicyclic) bond motifs is 1. The second-order valence-electron chi connectivity index (χ2n) is 9.12. The number of esters is 1. The molecule has 2 heterocycles. The molecule has 9 heteroatoms. The SMILES string of the molecule is CCCSc1nc2n(n1)C(c1ccc(OCc3ccc(Cl)cc3)cc1)C(C(=O)OCc1ccccc1)=C(C)N2. The number of allylic oxidation sites excluding steroid dienone is 1. The van der Waals surface area contributed by atoms with Crippen LogP contribution in [0.5, 0.6) is 5.75 Å². The number of halogens is 1. The topological polar surface area (TPSA) is 78.3 Å². The Hall–Kier alpha value is -3.75. The summed E-state index contributed by atoms with van der Waals surface area (Å²) in [6.07, 6.45) is 1.01. The van der Waals surface area contributed by atoms with Crippen molar-refractivity contribution in [1.82, 2.24) is 14.8 Å². The summed E-state index contributed by atoms with van der Waals surface area (Å²) in [6.45, 7) is 4.59. The Labute approximate surface area is 237 Å². The van der Waals surface area contributed by atoms with Crippen molar-refractivity contribution in [1.29, 1.82) is 0 Å². The summed E-state index contributed by atoms with van der Waals surface area (Å²) in [6, 6.07) is 24.4. The zero-order valence-electron chi connectivity index (χ0n) is 21.8. The van der Waals surface area contributed by atoms with Crippen LogP contribution in [-0.4, -0.2) is 26.5 Å². The molecule has 0 spiro atoms. The van der Waals surface area contributed by atoms with Gasteiger partial charge in [0.15, 0.2) is 0 Å². The van der Waals surface area contributed by atoms with Crippen LogP contribution >= 0.6 is 23.4 Å². The molecule has 1 atom stereocenters. The van der Waals surface area contributed by atoms with Gasteiger partial charge in [-0.1, -0.05) is 84.9 Å². The highest BCUT2D eigenvalue weighted by Gasteiger charge is 2.35. The van der Waals surface area contributed by atoms with Crippen LogP contribution in [-0.2, 0) is 22.7 Å². The van der Waals surface area contributed by atoms with Gasteiger partial charge in [0, 0.05) is 16.5 Å². The molecule has 7 nitrogen and oxygen atoms in total. The van der Waals surface area contributed by atoms with Crippen LogP contribution in [0.15, 0.2) is 95.3 Å². The average Bonchev–Trinajstić information content (AvgIpc) is 3.37. The number of thioether (sulfide) groups is 1. The van der Waals surface area contributed by atoms with Gasteiger partial charge in [-0.05, 0) is 54.3 Å². The van der Waals surface area contributed by atoms with Crippen molar-refractivity contribution in [2.75, 3.05) is 11.1 Å². The zero-order chi connectivity index (χ0) is 27.2. The van der Waals surface area contributed by atoms with Gasteiger partial charge < -0.3 is 14.8 Å². The maximum absolute atomic E-state index is 13.5. The molecule has 5 rings (SSSR count). The summed E-state index contributed by atoms with van der Waals surface area (Å²) in [4.78, 5) is 18.2. The molecule has 1 aromatic heterocycles. The molecule has 3 aromatic carbocycles. The predicted octanol–water partition coefficient (Wildman–Crippen LogP) is 7.04. The standard InChI is InChI=1S/C30H29ClN4O3S/c1-3-17-39-30-33-29-32-20(2)26(28(36)38-19-21-7-5-4-6-8-21)27(35(29)34-30)23-11-15-25(16-12-23)37-18-22-9-13-24(31)14-10-22/h4-16,27H,3,17-19H2,1-2H3,(H,32,33,34). The van der Waals surface area contributed by atoms with Gasteiger partial charge in [-0.25, -0.2) is 9.48 Å². The van der Waals surface area contributed by atoms with Gasteiger partial charge in [-0.15, -0.1) is 5.10 Å². The Balaban J connectivity index is 1.41. The first-order valence-corrected chi connectivity index (χ1v) is 14.1. The minimum atomic E-state index is -0.502. The van der Waals surface area contributed by atoms with Crippen LogP contribution in [0, 0.1) is 0 Å². The van der Waals surface area contributed by atoms with Gasteiger partial charge in [-0.3, -0.25) is 0 Å². The van der Waals surface area contributed by atoms with Crippen molar-refractivity contribution < 1.29 is 14.3 Å². The maximum atomic E-state index is 13.5. The molecule has 1 N–H and O–H groups in total. The Morgan fingerprint density at radius 2 is 1.72 bits per heavy atom. The first-order chi connectivity index (χ1) is 19.0. The normalized spacial score (nSPS) is 14.5. The van der Waals surface area contributed by atoms with Crippen molar-refractivity contribution in [3.8, 4) is 5.75 Å². The molecule has 4 aromatic rings. The van der Waals surface area contributed by atoms with E-state index < -0.39 is 12.0 Å². The van der Waals surface area contributed by atoms with Crippen LogP contribution < -0.4 is 10.1 Å². The lowest BCUT2D eigenvalue weighted by Gasteiger charge is -2.28. The third kappa shape index (κ3) is 6.46. The highest BCUT2D eigenvalue weighted by Crippen LogP contribution is 2.37. The first kappa shape index (κ1) is 26.8. The lowest BCUT2D eigenvalue weighted by Crippen LogP contribution is -2.29. The van der Waals surface area contributed by atoms with Crippen LogP contribution in [0.1, 0.15) is 43.0 Å². The van der Waals surface area contributed by atoms with Crippen molar-refractivity contribution in [3.63, 3.8) is 0 Å². The van der Waals surface area contributed by atoms with Gasteiger partial charge >= 0.3 is 5.97 Å². The summed E-state index contributed by atoms with van der Waals surface area (Å²) in [5.41, 5.74) is 4.00. The number of nitrogens with one attached hydrogen (secondary N) is 1. The fraction of sp³-hybridized carbons (Fsp3) is 0.233. The van der Waals surface area contributed by atoms with E-state index in [2.05, 4.69) is 17.2 Å². The molecule has 1 aliphatic rings. The molecule has 1 aliphatic heterocycles. The van der Waals surface area contributed by atoms with Gasteiger partial charge in [0.2, 0.25) is 11.1 Å². The number of hydrogen-bond acceptors (Lipinski definition) is 7. The molecule has 0 aliphatic carbocycles. The van der Waals surface area contributed by atoms with Crippen LogP contribution in [0.25, 0.3) is 0 Å². The fourth-order valence-electron chi connectivity index (χ4n) is 4.25. The van der Waals surface area contributed by atoms with Gasteiger partial charge in [0.25, 0.3) is 0 Å². The summed E-state index contributed by atoms with van der Waals surface area (Å²) < 4.78 is 13.5. The molecule has 0 fully saturated rings. The van der Waals surface area contributed by atoms with Crippen molar-refractivity contribution in [3.05, 3.63) is 112 Å². The van der Waals surface area contributed by atoms with E-state index in [9.17, 15) is 4.79 Å².